The Bertz CT molecular complexity index is 2040. The van der Waals surface area contributed by atoms with Crippen molar-refractivity contribution >= 4 is 72.2 Å². The summed E-state index contributed by atoms with van der Waals surface area (Å²) in [5.41, 5.74) is 9.82. The van der Waals surface area contributed by atoms with Crippen LogP contribution in [0, 0.1) is 0 Å². The van der Waals surface area contributed by atoms with Crippen LogP contribution >= 0.6 is 38.1 Å². The third-order valence-electron chi connectivity index (χ3n) is 8.00. The fraction of sp³-hybridized carbons (Fsp3) is 0.524. The molecule has 46 heavy (non-hydrogen) atoms. The molecule has 8 rings (SSSR count). The second-order valence-corrected chi connectivity index (χ2v) is 16.6. The molecule has 4 aliphatic rings. The van der Waals surface area contributed by atoms with Gasteiger partial charge in [-0.05, 0) is 0 Å². The number of nitrogens with two attached hydrogens (primary N) is 2. The molecule has 20 nitrogen and oxygen atoms in total. The monoisotopic (exact) mass is 720 g/mol. The van der Waals surface area contributed by atoms with Gasteiger partial charge in [-0.25, -0.2) is 33.5 Å². The Labute approximate surface area is 266 Å². The molecule has 4 aromatic rings. The van der Waals surface area contributed by atoms with E-state index in [0.29, 0.717) is 0 Å². The summed E-state index contributed by atoms with van der Waals surface area (Å²) in [7, 11) is 0. The van der Waals surface area contributed by atoms with Gasteiger partial charge in [0.05, 0.1) is 32.5 Å². The maximum Gasteiger partial charge on any atom is 0.386 e. The van der Waals surface area contributed by atoms with Crippen LogP contribution in [0.4, 0.5) is 16.2 Å². The molecule has 8 heterocycles. The quantitative estimate of drug-likeness (QED) is 0.142. The van der Waals surface area contributed by atoms with Crippen LogP contribution in [0.5, 0.6) is 0 Å². The maximum atomic E-state index is 16.1. The minimum Gasteiger partial charge on any atom is -0.382 e. The zero-order valence-corrected chi connectivity index (χ0v) is 26.5. The van der Waals surface area contributed by atoms with Crippen molar-refractivity contribution in [2.24, 2.45) is 0 Å². The molecule has 5 N–H and O–H groups in total. The number of rotatable bonds is 2. The summed E-state index contributed by atoms with van der Waals surface area (Å²) >= 11 is 8.24. The van der Waals surface area contributed by atoms with Crippen LogP contribution < -0.4 is 17.0 Å². The molecule has 25 heteroatoms. The minimum absolute atomic E-state index is 0.0316. The zero-order valence-electron chi connectivity index (χ0n) is 22.9. The molecule has 0 aromatic carbocycles. The third kappa shape index (κ3) is 4.88. The van der Waals surface area contributed by atoms with Gasteiger partial charge >= 0.3 is 13.6 Å². The lowest BCUT2D eigenvalue weighted by atomic mass is 10.0. The smallest absolute Gasteiger partial charge is 0.382 e. The summed E-state index contributed by atoms with van der Waals surface area (Å²) in [5, 5.41) is 0. The number of halogens is 1. The summed E-state index contributed by atoms with van der Waals surface area (Å²) in [5.74, 6) is -0.110. The molecular formula is C21H23FN10O10P2S2. The number of alkyl halides is 1. The van der Waals surface area contributed by atoms with Crippen molar-refractivity contribution in [2.45, 2.75) is 48.6 Å². The Morgan fingerprint density at radius 2 is 1.70 bits per heavy atom. The average molecular weight is 721 g/mol. The van der Waals surface area contributed by atoms with E-state index < -0.39 is 81.0 Å². The van der Waals surface area contributed by atoms with Crippen LogP contribution in [0.15, 0.2) is 23.8 Å². The zero-order chi connectivity index (χ0) is 32.2. The number of nitrogens with zero attached hydrogens (tertiary/aromatic N) is 7. The number of nitrogen functional groups attached to an aromatic ring is 2. The van der Waals surface area contributed by atoms with Crippen molar-refractivity contribution in [2.75, 3.05) is 31.3 Å². The molecule has 2 bridgehead atoms. The topological polar surface area (TPSA) is 258 Å². The number of hydrogen-bond donors (Lipinski definition) is 5. The summed E-state index contributed by atoms with van der Waals surface area (Å²) in [6.07, 6.45) is -5.91. The van der Waals surface area contributed by atoms with Crippen molar-refractivity contribution in [3.05, 3.63) is 29.3 Å². The highest BCUT2D eigenvalue weighted by molar-refractivity contribution is 8.44. The summed E-state index contributed by atoms with van der Waals surface area (Å²) in [6, 6.07) is 0. The number of fused-ring (bicyclic) bond motifs is 3. The van der Waals surface area contributed by atoms with E-state index in [2.05, 4.69) is 54.4 Å². The molecular weight excluding hydrogens is 697 g/mol. The molecule has 0 aliphatic carbocycles. The number of ether oxygens (including phenoxy) is 3. The average Bonchev–Trinajstić information content (AvgIpc) is 3.80. The van der Waals surface area contributed by atoms with Crippen LogP contribution in [0.1, 0.15) is 12.5 Å². The first-order valence-corrected chi connectivity index (χ1v) is 18.8. The van der Waals surface area contributed by atoms with E-state index in [4.69, 9.17) is 43.8 Å². The largest absolute Gasteiger partial charge is 0.386 e. The first-order valence-electron chi connectivity index (χ1n) is 13.4. The number of H-pyrrole nitrogens is 1. The Morgan fingerprint density at radius 3 is 2.50 bits per heavy atom. The van der Waals surface area contributed by atoms with E-state index in [0.717, 1.165) is 0 Å². The lowest BCUT2D eigenvalue weighted by Gasteiger charge is -2.33. The van der Waals surface area contributed by atoms with Crippen LogP contribution in [-0.4, -0.2) is 95.0 Å². The molecule has 0 saturated carbocycles. The first-order chi connectivity index (χ1) is 21.8. The fourth-order valence-electron chi connectivity index (χ4n) is 5.96. The normalized spacial score (nSPS) is 39.7. The molecule has 4 aromatic heterocycles. The number of nitrogens with one attached hydrogen (secondary N) is 1. The van der Waals surface area contributed by atoms with Gasteiger partial charge in [0.25, 0.3) is 5.56 Å². The van der Waals surface area contributed by atoms with E-state index in [-0.39, 0.29) is 40.7 Å². The highest BCUT2D eigenvalue weighted by Crippen LogP contribution is 2.63. The number of aromatic amines is 1. The van der Waals surface area contributed by atoms with E-state index in [1.807, 2.05) is 0 Å². The highest BCUT2D eigenvalue weighted by atomic mass is 32.7. The van der Waals surface area contributed by atoms with Gasteiger partial charge in [-0.3, -0.25) is 37.0 Å². The predicted octanol–water partition coefficient (Wildman–Crippen LogP) is 0.919. The molecule has 0 spiro atoms. The molecule has 4 aliphatic heterocycles. The van der Waals surface area contributed by atoms with Gasteiger partial charge in [-0.15, -0.1) is 0 Å². The summed E-state index contributed by atoms with van der Waals surface area (Å²) < 4.78 is 86.7. The molecule has 2 unspecified atom stereocenters. The molecule has 246 valence electrons. The van der Waals surface area contributed by atoms with Crippen molar-refractivity contribution in [3.63, 3.8) is 0 Å². The van der Waals surface area contributed by atoms with Crippen molar-refractivity contribution in [3.8, 4) is 0 Å². The Balaban J connectivity index is 1.11. The van der Waals surface area contributed by atoms with Gasteiger partial charge in [0.15, 0.2) is 41.3 Å². The number of aromatic nitrogens is 8. The minimum atomic E-state index is -4.38. The maximum absolute atomic E-state index is 16.1. The van der Waals surface area contributed by atoms with Gasteiger partial charge in [-0.2, -0.15) is 4.98 Å². The Kier molecular flexibility index (Phi) is 7.10. The van der Waals surface area contributed by atoms with Gasteiger partial charge in [-0.1, -0.05) is 24.5 Å². The molecule has 10 atom stereocenters. The standard InChI is InChI=1S/C21H23FN10O10P2S2/c22-8-11-7(39-18(8)31-5-27-9-14(23)25-4-26-15(9)31)1-37-43(34,45)42-13-12-19(32-6-28-10-16(32)29-20(24)30-17(10)33)40-21(13,2-36-12)3-38-44(35,46)41-11/h4-8,11-13,18-19H,1-3H2,(H,34,45)(H,35,46)(H2,23,25,26)(H3,24,29,30,33)/t7-,8-,11-,12-,13+,18-,19-,21-,43?,44?/m1/s1. The van der Waals surface area contributed by atoms with Crippen molar-refractivity contribution in [1.29, 1.82) is 0 Å². The van der Waals surface area contributed by atoms with Crippen LogP contribution in [0.2, 0.25) is 0 Å². The SMILES string of the molecule is Nc1nc2c(ncn2[C@@H]2O[C@@]34CO[C@@H]2[C@@H]3OP(=O)(S)OC[C@H]2O[C@@H](n3cnc5c(N)ncnc53)[C@H](F)[C@@H]2OP(=O)(S)OC4)c(=O)[nH]1. The molecule has 0 radical (unpaired) electrons. The lowest BCUT2D eigenvalue weighted by Crippen LogP contribution is -2.46. The van der Waals surface area contributed by atoms with Gasteiger partial charge in [0.2, 0.25) is 5.95 Å². The Hall–Kier alpha value is -2.69. The number of thiol groups is 2. The second kappa shape index (κ2) is 10.7. The molecule has 4 saturated heterocycles. The Morgan fingerprint density at radius 1 is 0.957 bits per heavy atom. The fourth-order valence-corrected chi connectivity index (χ4v) is 8.96. The van der Waals surface area contributed by atoms with Crippen molar-refractivity contribution < 1.29 is 45.8 Å². The highest BCUT2D eigenvalue weighted by Gasteiger charge is 2.66. The van der Waals surface area contributed by atoms with Gasteiger partial charge in [0, 0.05) is 0 Å². The van der Waals surface area contributed by atoms with Crippen LogP contribution in [-0.2, 0) is 41.4 Å². The van der Waals surface area contributed by atoms with Gasteiger partial charge < -0.3 is 25.7 Å². The van der Waals surface area contributed by atoms with E-state index in [9.17, 15) is 13.9 Å². The van der Waals surface area contributed by atoms with Crippen LogP contribution in [0.3, 0.4) is 0 Å². The van der Waals surface area contributed by atoms with Gasteiger partial charge in [0.1, 0.15) is 41.9 Å². The van der Waals surface area contributed by atoms with Crippen LogP contribution in [0.25, 0.3) is 22.3 Å². The number of anilines is 2. The second-order valence-electron chi connectivity index (χ2n) is 10.8. The number of imidazole rings is 2. The summed E-state index contributed by atoms with van der Waals surface area (Å²) in [6.45, 7) is -9.99. The third-order valence-corrected chi connectivity index (χ3v) is 11.2. The van der Waals surface area contributed by atoms with E-state index in [1.54, 1.807) is 0 Å². The first kappa shape index (κ1) is 30.6. The molecule has 4 fully saturated rings. The molecule has 0 amide bonds. The lowest BCUT2D eigenvalue weighted by molar-refractivity contribution is -0.183. The number of hydrogen-bond acceptors (Lipinski definition) is 17. The summed E-state index contributed by atoms with van der Waals surface area (Å²) in [4.78, 5) is 35.0. The van der Waals surface area contributed by atoms with Crippen molar-refractivity contribution in [1.82, 2.24) is 39.0 Å². The predicted molar refractivity (Wildman–Crippen MR) is 159 cm³/mol. The van der Waals surface area contributed by atoms with E-state index >= 15 is 4.39 Å². The van der Waals surface area contributed by atoms with E-state index in [1.165, 1.54) is 28.1 Å².